The van der Waals surface area contributed by atoms with Crippen LogP contribution in [0.1, 0.15) is 54.4 Å². The van der Waals surface area contributed by atoms with Crippen molar-refractivity contribution in [2.75, 3.05) is 0 Å². The van der Waals surface area contributed by atoms with Crippen LogP contribution >= 0.6 is 0 Å². The molecule has 1 aliphatic rings. The topological polar surface area (TPSA) is 29.5 Å². The van der Waals surface area contributed by atoms with Gasteiger partial charge in [0.2, 0.25) is 0 Å². The Balaban J connectivity index is 2.69. The van der Waals surface area contributed by atoms with E-state index in [9.17, 15) is 5.11 Å². The Bertz CT molecular complexity index is 219. The van der Waals surface area contributed by atoms with Gasteiger partial charge in [0.1, 0.15) is 0 Å². The fourth-order valence-corrected chi connectivity index (χ4v) is 2.85. The number of aliphatic hydroxyl groups excluding tert-OH is 1. The molecule has 0 aromatic heterocycles. The molecule has 1 heterocycles. The molecule has 0 spiro atoms. The van der Waals surface area contributed by atoms with E-state index in [2.05, 4.69) is 41.5 Å². The molecule has 2 atom stereocenters. The van der Waals surface area contributed by atoms with Gasteiger partial charge in [-0.3, -0.25) is 0 Å². The Hall–Kier alpha value is -0.0800. The minimum absolute atomic E-state index is 0.0911. The van der Waals surface area contributed by atoms with Gasteiger partial charge in [0.15, 0.2) is 0 Å². The van der Waals surface area contributed by atoms with Crippen molar-refractivity contribution in [2.45, 2.75) is 71.7 Å². The zero-order valence-corrected chi connectivity index (χ0v) is 11.0. The molecule has 1 saturated heterocycles. The van der Waals surface area contributed by atoms with Crippen LogP contribution in [0.25, 0.3) is 0 Å². The number of hydrogen-bond donors (Lipinski definition) is 1. The lowest BCUT2D eigenvalue weighted by Gasteiger charge is -2.31. The third kappa shape index (κ3) is 3.18. The van der Waals surface area contributed by atoms with Gasteiger partial charge >= 0.3 is 0 Å². The molecule has 0 bridgehead atoms. The van der Waals surface area contributed by atoms with Crippen LogP contribution in [0.15, 0.2) is 0 Å². The maximum Gasteiger partial charge on any atom is 0.0687 e. The summed E-state index contributed by atoms with van der Waals surface area (Å²) in [4.78, 5) is 0. The Morgan fingerprint density at radius 1 is 1.27 bits per heavy atom. The lowest BCUT2D eigenvalue weighted by molar-refractivity contribution is -0.0890. The van der Waals surface area contributed by atoms with E-state index in [1.807, 2.05) is 0 Å². The van der Waals surface area contributed by atoms with Gasteiger partial charge in [-0.2, -0.15) is 0 Å². The lowest BCUT2D eigenvalue weighted by Crippen LogP contribution is -2.36. The van der Waals surface area contributed by atoms with Crippen LogP contribution in [0.2, 0.25) is 0 Å². The van der Waals surface area contributed by atoms with Crippen LogP contribution in [0.5, 0.6) is 0 Å². The molecule has 0 amide bonds. The van der Waals surface area contributed by atoms with E-state index in [1.54, 1.807) is 0 Å². The average molecular weight is 214 g/mol. The number of aliphatic hydroxyl groups is 1. The van der Waals surface area contributed by atoms with Crippen molar-refractivity contribution in [3.05, 3.63) is 0 Å². The van der Waals surface area contributed by atoms with Crippen LogP contribution in [0.3, 0.4) is 0 Å². The molecule has 90 valence electrons. The summed E-state index contributed by atoms with van der Waals surface area (Å²) >= 11 is 0. The van der Waals surface area contributed by atoms with Gasteiger partial charge in [-0.1, -0.05) is 13.8 Å². The minimum Gasteiger partial charge on any atom is -0.393 e. The quantitative estimate of drug-likeness (QED) is 0.782. The third-order valence-corrected chi connectivity index (χ3v) is 3.32. The van der Waals surface area contributed by atoms with Gasteiger partial charge in [0.05, 0.1) is 17.3 Å². The standard InChI is InChI=1S/C13H26O2/c1-9(2)7-11(14)10-8-12(3,4)15-13(10,5)6/h9-11,14H,7-8H2,1-6H3. The largest absolute Gasteiger partial charge is 0.393 e. The lowest BCUT2D eigenvalue weighted by atomic mass is 9.80. The van der Waals surface area contributed by atoms with Gasteiger partial charge in [0, 0.05) is 5.92 Å². The summed E-state index contributed by atoms with van der Waals surface area (Å²) in [5.41, 5.74) is -0.288. The van der Waals surface area contributed by atoms with Gasteiger partial charge < -0.3 is 9.84 Å². The highest BCUT2D eigenvalue weighted by molar-refractivity contribution is 4.97. The maximum atomic E-state index is 10.2. The maximum absolute atomic E-state index is 10.2. The van der Waals surface area contributed by atoms with E-state index in [0.717, 1.165) is 12.8 Å². The fourth-order valence-electron chi connectivity index (χ4n) is 2.85. The summed E-state index contributed by atoms with van der Waals surface area (Å²) in [7, 11) is 0. The van der Waals surface area contributed by atoms with Crippen LogP contribution in [0.4, 0.5) is 0 Å². The van der Waals surface area contributed by atoms with E-state index in [0.29, 0.717) is 5.92 Å². The van der Waals surface area contributed by atoms with Crippen LogP contribution in [0, 0.1) is 11.8 Å². The molecule has 0 aromatic carbocycles. The monoisotopic (exact) mass is 214 g/mol. The molecule has 2 unspecified atom stereocenters. The van der Waals surface area contributed by atoms with Crippen molar-refractivity contribution in [2.24, 2.45) is 11.8 Å². The highest BCUT2D eigenvalue weighted by Crippen LogP contribution is 2.44. The van der Waals surface area contributed by atoms with E-state index in [1.165, 1.54) is 0 Å². The summed E-state index contributed by atoms with van der Waals surface area (Å²) < 4.78 is 5.99. The van der Waals surface area contributed by atoms with Crippen molar-refractivity contribution in [3.63, 3.8) is 0 Å². The zero-order chi connectivity index (χ0) is 11.9. The second-order valence-electron chi connectivity index (χ2n) is 6.47. The second-order valence-corrected chi connectivity index (χ2v) is 6.47. The summed E-state index contributed by atoms with van der Waals surface area (Å²) in [5.74, 6) is 0.800. The van der Waals surface area contributed by atoms with Crippen molar-refractivity contribution < 1.29 is 9.84 Å². The highest BCUT2D eigenvalue weighted by Gasteiger charge is 2.48. The SMILES string of the molecule is CC(C)CC(O)C1CC(C)(C)OC1(C)C. The molecule has 0 aliphatic carbocycles. The molecular weight excluding hydrogens is 188 g/mol. The minimum atomic E-state index is -0.234. The van der Waals surface area contributed by atoms with Gasteiger partial charge in [0.25, 0.3) is 0 Å². The first-order chi connectivity index (χ1) is 6.64. The normalized spacial score (nSPS) is 30.8. The smallest absolute Gasteiger partial charge is 0.0687 e. The average Bonchev–Trinajstić information content (AvgIpc) is 2.17. The number of ether oxygens (including phenoxy) is 1. The molecule has 2 nitrogen and oxygen atoms in total. The number of hydrogen-bond acceptors (Lipinski definition) is 2. The van der Waals surface area contributed by atoms with Gasteiger partial charge in [-0.05, 0) is 46.5 Å². The van der Waals surface area contributed by atoms with Crippen molar-refractivity contribution in [3.8, 4) is 0 Å². The highest BCUT2D eigenvalue weighted by atomic mass is 16.5. The summed E-state index contributed by atoms with van der Waals surface area (Å²) in [6.45, 7) is 12.7. The van der Waals surface area contributed by atoms with E-state index >= 15 is 0 Å². The Morgan fingerprint density at radius 2 is 1.80 bits per heavy atom. The van der Waals surface area contributed by atoms with Crippen LogP contribution < -0.4 is 0 Å². The predicted octanol–water partition coefficient (Wildman–Crippen LogP) is 2.99. The molecule has 1 rings (SSSR count). The first-order valence-corrected chi connectivity index (χ1v) is 6.02. The molecule has 2 heteroatoms. The first kappa shape index (κ1) is 13.0. The van der Waals surface area contributed by atoms with E-state index in [4.69, 9.17) is 4.74 Å². The summed E-state index contributed by atoms with van der Waals surface area (Å²) in [6, 6.07) is 0. The van der Waals surface area contributed by atoms with E-state index < -0.39 is 0 Å². The number of rotatable bonds is 3. The van der Waals surface area contributed by atoms with Crippen LogP contribution in [-0.2, 0) is 4.74 Å². The fraction of sp³-hybridized carbons (Fsp3) is 1.00. The molecule has 0 radical (unpaired) electrons. The van der Waals surface area contributed by atoms with Crippen molar-refractivity contribution >= 4 is 0 Å². The molecule has 1 aliphatic heterocycles. The Labute approximate surface area is 94.0 Å². The predicted molar refractivity (Wildman–Crippen MR) is 62.8 cm³/mol. The summed E-state index contributed by atoms with van der Waals surface area (Å²) in [6.07, 6.45) is 1.59. The zero-order valence-electron chi connectivity index (χ0n) is 11.0. The van der Waals surface area contributed by atoms with E-state index in [-0.39, 0.29) is 23.2 Å². The third-order valence-electron chi connectivity index (χ3n) is 3.32. The molecule has 0 aromatic rings. The van der Waals surface area contributed by atoms with Crippen molar-refractivity contribution in [1.29, 1.82) is 0 Å². The van der Waals surface area contributed by atoms with Crippen LogP contribution in [-0.4, -0.2) is 22.4 Å². The molecular formula is C13H26O2. The molecule has 1 fully saturated rings. The molecule has 0 saturated carbocycles. The summed E-state index contributed by atoms with van der Waals surface area (Å²) in [5, 5.41) is 10.2. The van der Waals surface area contributed by atoms with Gasteiger partial charge in [-0.15, -0.1) is 0 Å². The second kappa shape index (κ2) is 4.06. The first-order valence-electron chi connectivity index (χ1n) is 6.02. The van der Waals surface area contributed by atoms with Crippen molar-refractivity contribution in [1.82, 2.24) is 0 Å². The molecule has 1 N–H and O–H groups in total. The molecule has 15 heavy (non-hydrogen) atoms. The Kier molecular flexibility index (Phi) is 3.52. The Morgan fingerprint density at radius 3 is 2.13 bits per heavy atom. The van der Waals surface area contributed by atoms with Gasteiger partial charge in [-0.25, -0.2) is 0 Å².